The number of halogens is 1. The molecule has 1 atom stereocenters. The molecule has 1 rings (SSSR count). The molecule has 3 heteroatoms. The molecular weight excluding hydrogens is 155 g/mol. The third kappa shape index (κ3) is 2.27. The molecule has 0 aliphatic carbocycles. The second-order valence-electron chi connectivity index (χ2n) is 2.81. The van der Waals surface area contributed by atoms with E-state index >= 15 is 0 Å². The van der Waals surface area contributed by atoms with Crippen molar-refractivity contribution in [2.45, 2.75) is 25.8 Å². The summed E-state index contributed by atoms with van der Waals surface area (Å²) in [7, 11) is 0. The topological polar surface area (TPSA) is 38.9 Å². The van der Waals surface area contributed by atoms with Gasteiger partial charge < -0.3 is 5.73 Å². The SMILES string of the molecule is CCC[C@H](N)c1ccnc(F)c1. The summed E-state index contributed by atoms with van der Waals surface area (Å²) in [4.78, 5) is 3.46. The molecule has 1 heterocycles. The normalized spacial score (nSPS) is 12.9. The average Bonchev–Trinajstić information content (AvgIpc) is 2.05. The van der Waals surface area contributed by atoms with Crippen molar-refractivity contribution in [1.29, 1.82) is 0 Å². The summed E-state index contributed by atoms with van der Waals surface area (Å²) in [5.41, 5.74) is 6.60. The van der Waals surface area contributed by atoms with Gasteiger partial charge in [-0.2, -0.15) is 4.39 Å². The van der Waals surface area contributed by atoms with Gasteiger partial charge in [0.15, 0.2) is 0 Å². The van der Waals surface area contributed by atoms with Crippen molar-refractivity contribution in [1.82, 2.24) is 4.98 Å². The zero-order valence-corrected chi connectivity index (χ0v) is 7.13. The Balaban J connectivity index is 2.73. The van der Waals surface area contributed by atoms with E-state index in [1.807, 2.05) is 0 Å². The van der Waals surface area contributed by atoms with Crippen LogP contribution in [-0.4, -0.2) is 4.98 Å². The Hall–Kier alpha value is -0.960. The van der Waals surface area contributed by atoms with Gasteiger partial charge in [-0.15, -0.1) is 0 Å². The first-order chi connectivity index (χ1) is 5.74. The maximum Gasteiger partial charge on any atom is 0.213 e. The highest BCUT2D eigenvalue weighted by Gasteiger charge is 2.04. The van der Waals surface area contributed by atoms with Crippen molar-refractivity contribution in [3.05, 3.63) is 29.8 Å². The maximum absolute atomic E-state index is 12.6. The van der Waals surface area contributed by atoms with Gasteiger partial charge in [0.2, 0.25) is 5.95 Å². The zero-order valence-electron chi connectivity index (χ0n) is 7.13. The van der Waals surface area contributed by atoms with E-state index in [2.05, 4.69) is 11.9 Å². The average molecular weight is 168 g/mol. The molecule has 0 saturated heterocycles. The van der Waals surface area contributed by atoms with Crippen LogP contribution >= 0.6 is 0 Å². The van der Waals surface area contributed by atoms with Crippen LogP contribution < -0.4 is 5.73 Å². The maximum atomic E-state index is 12.6. The lowest BCUT2D eigenvalue weighted by atomic mass is 10.1. The predicted octanol–water partition coefficient (Wildman–Crippen LogP) is 2.02. The molecule has 2 nitrogen and oxygen atoms in total. The van der Waals surface area contributed by atoms with Gasteiger partial charge in [0, 0.05) is 12.2 Å². The Kier molecular flexibility index (Phi) is 3.17. The lowest BCUT2D eigenvalue weighted by Crippen LogP contribution is -2.10. The van der Waals surface area contributed by atoms with Gasteiger partial charge in [-0.1, -0.05) is 13.3 Å². The summed E-state index contributed by atoms with van der Waals surface area (Å²) in [6.45, 7) is 2.05. The molecule has 0 radical (unpaired) electrons. The van der Waals surface area contributed by atoms with E-state index in [0.717, 1.165) is 18.4 Å². The molecule has 1 aromatic rings. The minimum atomic E-state index is -0.459. The predicted molar refractivity (Wildman–Crippen MR) is 46.0 cm³/mol. The molecule has 0 aromatic carbocycles. The highest BCUT2D eigenvalue weighted by atomic mass is 19.1. The monoisotopic (exact) mass is 168 g/mol. The van der Waals surface area contributed by atoms with E-state index in [-0.39, 0.29) is 6.04 Å². The van der Waals surface area contributed by atoms with Crippen molar-refractivity contribution >= 4 is 0 Å². The number of hydrogen-bond donors (Lipinski definition) is 1. The molecular formula is C9H13FN2. The van der Waals surface area contributed by atoms with E-state index < -0.39 is 5.95 Å². The first kappa shape index (κ1) is 9.13. The van der Waals surface area contributed by atoms with Gasteiger partial charge in [-0.25, -0.2) is 4.98 Å². The van der Waals surface area contributed by atoms with Crippen LogP contribution in [0.3, 0.4) is 0 Å². The molecule has 0 amide bonds. The molecule has 12 heavy (non-hydrogen) atoms. The van der Waals surface area contributed by atoms with Crippen LogP contribution in [0.1, 0.15) is 31.4 Å². The minimum absolute atomic E-state index is 0.0625. The zero-order chi connectivity index (χ0) is 8.97. The van der Waals surface area contributed by atoms with Crippen LogP contribution in [-0.2, 0) is 0 Å². The Morgan fingerprint density at radius 3 is 3.00 bits per heavy atom. The van der Waals surface area contributed by atoms with E-state index in [4.69, 9.17) is 5.73 Å². The molecule has 0 aliphatic heterocycles. The van der Waals surface area contributed by atoms with Crippen LogP contribution in [0, 0.1) is 5.95 Å². The van der Waals surface area contributed by atoms with Gasteiger partial charge >= 0.3 is 0 Å². The molecule has 0 unspecified atom stereocenters. The fourth-order valence-electron chi connectivity index (χ4n) is 1.13. The number of nitrogens with zero attached hydrogens (tertiary/aromatic N) is 1. The van der Waals surface area contributed by atoms with Crippen molar-refractivity contribution in [2.75, 3.05) is 0 Å². The molecule has 66 valence electrons. The van der Waals surface area contributed by atoms with E-state index in [1.165, 1.54) is 12.3 Å². The Labute approximate surface area is 71.6 Å². The summed E-state index contributed by atoms with van der Waals surface area (Å²) in [5, 5.41) is 0. The molecule has 0 spiro atoms. The Morgan fingerprint density at radius 2 is 2.42 bits per heavy atom. The number of aromatic nitrogens is 1. The van der Waals surface area contributed by atoms with Crippen molar-refractivity contribution in [2.24, 2.45) is 5.73 Å². The minimum Gasteiger partial charge on any atom is -0.324 e. The first-order valence-electron chi connectivity index (χ1n) is 4.11. The van der Waals surface area contributed by atoms with Crippen molar-refractivity contribution in [3.63, 3.8) is 0 Å². The van der Waals surface area contributed by atoms with Crippen LogP contribution in [0.5, 0.6) is 0 Å². The fraction of sp³-hybridized carbons (Fsp3) is 0.444. The molecule has 0 bridgehead atoms. The van der Waals surface area contributed by atoms with Crippen LogP contribution in [0.25, 0.3) is 0 Å². The Morgan fingerprint density at radius 1 is 1.67 bits per heavy atom. The number of pyridine rings is 1. The smallest absolute Gasteiger partial charge is 0.213 e. The fourth-order valence-corrected chi connectivity index (χ4v) is 1.13. The lowest BCUT2D eigenvalue weighted by Gasteiger charge is -2.09. The van der Waals surface area contributed by atoms with E-state index in [1.54, 1.807) is 6.07 Å². The summed E-state index contributed by atoms with van der Waals surface area (Å²) in [6.07, 6.45) is 3.33. The number of nitrogens with two attached hydrogens (primary N) is 1. The van der Waals surface area contributed by atoms with Gasteiger partial charge in [0.25, 0.3) is 0 Å². The van der Waals surface area contributed by atoms with Crippen molar-refractivity contribution in [3.8, 4) is 0 Å². The summed E-state index contributed by atoms with van der Waals surface area (Å²) >= 11 is 0. The molecule has 0 fully saturated rings. The van der Waals surface area contributed by atoms with Crippen LogP contribution in [0.15, 0.2) is 18.3 Å². The number of rotatable bonds is 3. The Bertz CT molecular complexity index is 250. The lowest BCUT2D eigenvalue weighted by molar-refractivity contribution is 0.570. The van der Waals surface area contributed by atoms with Gasteiger partial charge in [-0.3, -0.25) is 0 Å². The van der Waals surface area contributed by atoms with Gasteiger partial charge in [0.1, 0.15) is 0 Å². The van der Waals surface area contributed by atoms with Crippen LogP contribution in [0.2, 0.25) is 0 Å². The second kappa shape index (κ2) is 4.16. The third-order valence-corrected chi connectivity index (χ3v) is 1.78. The highest BCUT2D eigenvalue weighted by molar-refractivity contribution is 5.14. The summed E-state index contributed by atoms with van der Waals surface area (Å²) in [6, 6.07) is 3.08. The quantitative estimate of drug-likeness (QED) is 0.701. The standard InChI is InChI=1S/C9H13FN2/c1-2-3-8(11)7-4-5-12-9(10)6-7/h4-6,8H,2-3,11H2,1H3/t8-/m0/s1. The van der Waals surface area contributed by atoms with Gasteiger partial charge in [-0.05, 0) is 24.1 Å². The van der Waals surface area contributed by atoms with Crippen LogP contribution in [0.4, 0.5) is 4.39 Å². The molecule has 2 N–H and O–H groups in total. The van der Waals surface area contributed by atoms with E-state index in [9.17, 15) is 4.39 Å². The highest BCUT2D eigenvalue weighted by Crippen LogP contribution is 2.14. The summed E-state index contributed by atoms with van der Waals surface area (Å²) < 4.78 is 12.6. The van der Waals surface area contributed by atoms with Gasteiger partial charge in [0.05, 0.1) is 0 Å². The van der Waals surface area contributed by atoms with E-state index in [0.29, 0.717) is 0 Å². The van der Waals surface area contributed by atoms with Crippen molar-refractivity contribution < 1.29 is 4.39 Å². The molecule has 0 saturated carbocycles. The largest absolute Gasteiger partial charge is 0.324 e. The first-order valence-corrected chi connectivity index (χ1v) is 4.11. The number of hydrogen-bond acceptors (Lipinski definition) is 2. The molecule has 0 aliphatic rings. The summed E-state index contributed by atoms with van der Waals surface area (Å²) in [5.74, 6) is -0.459. The third-order valence-electron chi connectivity index (χ3n) is 1.78. The molecule has 1 aromatic heterocycles. The second-order valence-corrected chi connectivity index (χ2v) is 2.81.